The van der Waals surface area contributed by atoms with Gasteiger partial charge in [0.1, 0.15) is 11.5 Å². The minimum Gasteiger partial charge on any atom is -0.508 e. The van der Waals surface area contributed by atoms with Gasteiger partial charge in [0.05, 0.1) is 5.56 Å². The molecule has 0 aliphatic heterocycles. The third-order valence-corrected chi connectivity index (χ3v) is 4.28. The molecule has 2 aromatic carbocycles. The summed E-state index contributed by atoms with van der Waals surface area (Å²) in [7, 11) is 0. The van der Waals surface area contributed by atoms with Crippen molar-refractivity contribution in [1.29, 1.82) is 0 Å². The van der Waals surface area contributed by atoms with Crippen molar-refractivity contribution in [3.63, 3.8) is 0 Å². The Bertz CT molecular complexity index is 768. The lowest BCUT2D eigenvalue weighted by Gasteiger charge is -2.12. The van der Waals surface area contributed by atoms with Crippen LogP contribution in [0.25, 0.3) is 11.8 Å². The highest BCUT2D eigenvalue weighted by Crippen LogP contribution is 2.34. The molecule has 0 aliphatic carbocycles. The van der Waals surface area contributed by atoms with E-state index in [0.29, 0.717) is 22.6 Å². The summed E-state index contributed by atoms with van der Waals surface area (Å²) in [6, 6.07) is 9.42. The molecule has 0 saturated heterocycles. The number of halogens is 1. The van der Waals surface area contributed by atoms with Gasteiger partial charge in [-0.2, -0.15) is 0 Å². The van der Waals surface area contributed by atoms with E-state index in [1.165, 1.54) is 16.7 Å². The first-order valence-corrected chi connectivity index (χ1v) is 7.81. The molecule has 2 nitrogen and oxygen atoms in total. The van der Waals surface area contributed by atoms with E-state index in [1.807, 2.05) is 13.0 Å². The van der Waals surface area contributed by atoms with Gasteiger partial charge in [0.2, 0.25) is 0 Å². The van der Waals surface area contributed by atoms with Crippen molar-refractivity contribution < 1.29 is 10.2 Å². The number of hydrogen-bond acceptors (Lipinski definition) is 2. The van der Waals surface area contributed by atoms with Gasteiger partial charge >= 0.3 is 0 Å². The third-order valence-electron chi connectivity index (χ3n) is 3.92. The molecule has 0 aliphatic rings. The van der Waals surface area contributed by atoms with E-state index < -0.39 is 0 Å². The van der Waals surface area contributed by atoms with Gasteiger partial charge in [-0.3, -0.25) is 0 Å². The number of aryl methyl sites for hydroxylation is 2. The maximum atomic E-state index is 10.3. The van der Waals surface area contributed by atoms with E-state index >= 15 is 0 Å². The van der Waals surface area contributed by atoms with Crippen LogP contribution in [-0.2, 0) is 6.42 Å². The van der Waals surface area contributed by atoms with Crippen LogP contribution in [0.5, 0.6) is 5.75 Å². The predicted octanol–water partition coefficient (Wildman–Crippen LogP) is 5.84. The molecule has 120 valence electrons. The van der Waals surface area contributed by atoms with Crippen LogP contribution in [0, 0.1) is 13.8 Å². The predicted molar refractivity (Wildman–Crippen MR) is 98.1 cm³/mol. The van der Waals surface area contributed by atoms with Crippen LogP contribution in [0.3, 0.4) is 0 Å². The van der Waals surface area contributed by atoms with Crippen molar-refractivity contribution >= 4 is 23.4 Å². The molecule has 2 rings (SSSR count). The van der Waals surface area contributed by atoms with E-state index in [9.17, 15) is 10.2 Å². The fourth-order valence-electron chi connectivity index (χ4n) is 2.64. The van der Waals surface area contributed by atoms with Crippen LogP contribution in [0.2, 0.25) is 5.02 Å². The number of aliphatic hydroxyl groups excluding tert-OH is 1. The zero-order valence-corrected chi connectivity index (χ0v) is 14.4. The van der Waals surface area contributed by atoms with Gasteiger partial charge in [-0.15, -0.1) is 0 Å². The minimum atomic E-state index is -0.170. The van der Waals surface area contributed by atoms with Gasteiger partial charge in [0.25, 0.3) is 0 Å². The highest BCUT2D eigenvalue weighted by molar-refractivity contribution is 6.31. The molecule has 23 heavy (non-hydrogen) atoms. The topological polar surface area (TPSA) is 40.5 Å². The Morgan fingerprint density at radius 1 is 1.17 bits per heavy atom. The molecule has 0 unspecified atom stereocenters. The summed E-state index contributed by atoms with van der Waals surface area (Å²) in [4.78, 5) is 0. The largest absolute Gasteiger partial charge is 0.508 e. The average molecular weight is 329 g/mol. The van der Waals surface area contributed by atoms with Gasteiger partial charge in [-0.1, -0.05) is 48.0 Å². The maximum absolute atomic E-state index is 10.3. The monoisotopic (exact) mass is 328 g/mol. The van der Waals surface area contributed by atoms with Gasteiger partial charge in [-0.05, 0) is 56.0 Å². The first-order chi connectivity index (χ1) is 10.8. The molecule has 2 aromatic rings. The smallest absolute Gasteiger partial charge is 0.131 e. The van der Waals surface area contributed by atoms with E-state index in [0.717, 1.165) is 5.57 Å². The molecule has 0 fully saturated rings. The van der Waals surface area contributed by atoms with Crippen LogP contribution in [-0.4, -0.2) is 10.2 Å². The van der Waals surface area contributed by atoms with Crippen molar-refractivity contribution in [3.8, 4) is 5.75 Å². The van der Waals surface area contributed by atoms with E-state index in [4.69, 9.17) is 11.6 Å². The Morgan fingerprint density at radius 3 is 2.35 bits per heavy atom. The van der Waals surface area contributed by atoms with Crippen LogP contribution < -0.4 is 0 Å². The number of rotatable bonds is 4. The molecule has 0 saturated carbocycles. The second-order valence-electron chi connectivity index (χ2n) is 5.84. The quantitative estimate of drug-likeness (QED) is 0.692. The molecule has 0 heterocycles. The van der Waals surface area contributed by atoms with Crippen molar-refractivity contribution in [2.75, 3.05) is 0 Å². The van der Waals surface area contributed by atoms with Crippen molar-refractivity contribution in [1.82, 2.24) is 0 Å². The number of hydrogen-bond donors (Lipinski definition) is 2. The Labute approximate surface area is 142 Å². The molecular weight excluding hydrogens is 308 g/mol. The van der Waals surface area contributed by atoms with Crippen LogP contribution in [0.15, 0.2) is 42.5 Å². The number of phenolic OH excluding ortho intramolecular Hbond substituents is 1. The molecular formula is C20H21ClO2. The summed E-state index contributed by atoms with van der Waals surface area (Å²) in [6.45, 7) is 9.62. The van der Waals surface area contributed by atoms with Gasteiger partial charge < -0.3 is 10.2 Å². The zero-order valence-electron chi connectivity index (χ0n) is 13.7. The van der Waals surface area contributed by atoms with E-state index in [1.54, 1.807) is 12.1 Å². The maximum Gasteiger partial charge on any atom is 0.131 e. The van der Waals surface area contributed by atoms with Crippen LogP contribution in [0.1, 0.15) is 34.7 Å². The number of aliphatic hydroxyl groups is 1. The summed E-state index contributed by atoms with van der Waals surface area (Å²) in [5, 5.41) is 20.4. The van der Waals surface area contributed by atoms with Crippen LogP contribution >= 0.6 is 11.6 Å². The molecule has 2 N–H and O–H groups in total. The molecule has 0 amide bonds. The Hall–Kier alpha value is -2.19. The zero-order chi connectivity index (χ0) is 17.1. The highest BCUT2D eigenvalue weighted by Gasteiger charge is 2.14. The Kier molecular flexibility index (Phi) is 5.17. The van der Waals surface area contributed by atoms with Gasteiger partial charge in [0, 0.05) is 10.6 Å². The number of benzene rings is 2. The highest BCUT2D eigenvalue weighted by atomic mass is 35.5. The first-order valence-electron chi connectivity index (χ1n) is 7.43. The standard InChI is InChI=1S/C20H21ClO2/c1-12(10-17-13(2)6-5-7-14(17)3)11-18-19(21)9-8-16(15(4)22)20(18)23/h5-10,22-23H,4,11H2,1-3H3/b12-10+. The second kappa shape index (κ2) is 6.93. The molecule has 3 heteroatoms. The lowest BCUT2D eigenvalue weighted by Crippen LogP contribution is -1.95. The first kappa shape index (κ1) is 17.2. The van der Waals surface area contributed by atoms with Crippen molar-refractivity contribution in [2.45, 2.75) is 27.2 Å². The fourth-order valence-corrected chi connectivity index (χ4v) is 2.86. The summed E-state index contributed by atoms with van der Waals surface area (Å²) < 4.78 is 0. The molecule has 0 bridgehead atoms. The molecule has 0 spiro atoms. The van der Waals surface area contributed by atoms with Crippen molar-refractivity contribution in [3.05, 3.63) is 75.3 Å². The van der Waals surface area contributed by atoms with Crippen molar-refractivity contribution in [2.24, 2.45) is 0 Å². The molecule has 0 atom stereocenters. The van der Waals surface area contributed by atoms with Crippen LogP contribution in [0.4, 0.5) is 0 Å². The lowest BCUT2D eigenvalue weighted by atomic mass is 9.97. The molecule has 0 radical (unpaired) electrons. The van der Waals surface area contributed by atoms with E-state index in [2.05, 4.69) is 38.6 Å². The summed E-state index contributed by atoms with van der Waals surface area (Å²) in [5.41, 5.74) is 5.57. The number of phenols is 1. The SMILES string of the molecule is C=C(O)c1ccc(Cl)c(C/C(C)=C/c2c(C)cccc2C)c1O. The summed E-state index contributed by atoms with van der Waals surface area (Å²) in [5.74, 6) is -0.184. The summed E-state index contributed by atoms with van der Waals surface area (Å²) >= 11 is 6.22. The van der Waals surface area contributed by atoms with E-state index in [-0.39, 0.29) is 11.5 Å². The van der Waals surface area contributed by atoms with Gasteiger partial charge in [-0.25, -0.2) is 0 Å². The van der Waals surface area contributed by atoms with Gasteiger partial charge in [0.15, 0.2) is 0 Å². The number of aromatic hydroxyl groups is 1. The normalized spacial score (nSPS) is 11.6. The second-order valence-corrected chi connectivity index (χ2v) is 6.25. The number of allylic oxidation sites excluding steroid dienone is 1. The molecule has 0 aromatic heterocycles. The Morgan fingerprint density at radius 2 is 1.78 bits per heavy atom. The third kappa shape index (κ3) is 3.77. The fraction of sp³-hybridized carbons (Fsp3) is 0.200. The average Bonchev–Trinajstić information content (AvgIpc) is 2.47. The minimum absolute atomic E-state index is 0.0146. The Balaban J connectivity index is 2.41. The summed E-state index contributed by atoms with van der Waals surface area (Å²) in [6.07, 6.45) is 2.61. The lowest BCUT2D eigenvalue weighted by molar-refractivity contribution is 0.456.